The van der Waals surface area contributed by atoms with Crippen molar-refractivity contribution in [1.82, 2.24) is 14.2 Å². The number of aliphatic imine (C=N–C) groups is 1. The van der Waals surface area contributed by atoms with Crippen LogP contribution in [0.15, 0.2) is 52.2 Å². The number of rotatable bonds is 11. The Hall–Kier alpha value is -2.49. The topological polar surface area (TPSA) is 106 Å². The van der Waals surface area contributed by atoms with Gasteiger partial charge in [0.2, 0.25) is 15.9 Å². The smallest absolute Gasteiger partial charge is 0.239 e. The Kier molecular flexibility index (Phi) is 8.79. The van der Waals surface area contributed by atoms with E-state index >= 15 is 0 Å². The summed E-state index contributed by atoms with van der Waals surface area (Å²) in [6, 6.07) is 2.08. The van der Waals surface area contributed by atoms with Crippen LogP contribution in [-0.2, 0) is 21.2 Å². The molecule has 1 aromatic heterocycles. The van der Waals surface area contributed by atoms with Crippen LogP contribution in [0.3, 0.4) is 0 Å². The van der Waals surface area contributed by atoms with Crippen molar-refractivity contribution in [2.45, 2.75) is 71.8 Å². The van der Waals surface area contributed by atoms with Crippen LogP contribution in [-0.4, -0.2) is 71.1 Å². The van der Waals surface area contributed by atoms with Gasteiger partial charge in [0.25, 0.3) is 0 Å². The lowest BCUT2D eigenvalue weighted by Gasteiger charge is -2.38. The number of aromatic amines is 1. The van der Waals surface area contributed by atoms with Crippen molar-refractivity contribution in [2.75, 3.05) is 26.2 Å². The normalized spacial score (nSPS) is 20.9. The van der Waals surface area contributed by atoms with Crippen molar-refractivity contribution in [1.29, 1.82) is 0 Å². The fourth-order valence-corrected chi connectivity index (χ4v) is 7.20. The molecule has 1 saturated heterocycles. The maximum atomic E-state index is 13.8. The molecule has 2 N–H and O–H groups in total. The monoisotopic (exact) mass is 542 g/mol. The molecule has 1 amide bonds. The van der Waals surface area contributed by atoms with Gasteiger partial charge in [-0.05, 0) is 52.0 Å². The molecule has 38 heavy (non-hydrogen) atoms. The highest BCUT2D eigenvalue weighted by atomic mass is 32.2. The molecule has 2 fully saturated rings. The fraction of sp³-hybridized carbons (Fsp3) is 0.586. The molecule has 8 nitrogen and oxygen atoms in total. The third-order valence-corrected chi connectivity index (χ3v) is 9.95. The second-order valence-corrected chi connectivity index (χ2v) is 13.0. The molecule has 0 aromatic carbocycles. The Morgan fingerprint density at radius 1 is 1.34 bits per heavy atom. The van der Waals surface area contributed by atoms with E-state index in [1.807, 2.05) is 19.3 Å². The van der Waals surface area contributed by atoms with E-state index in [4.69, 9.17) is 10.1 Å². The van der Waals surface area contributed by atoms with Gasteiger partial charge in [0.05, 0.1) is 22.8 Å². The first kappa shape index (κ1) is 28.5. The van der Waals surface area contributed by atoms with E-state index in [1.165, 1.54) is 11.3 Å². The van der Waals surface area contributed by atoms with E-state index in [-0.39, 0.29) is 30.8 Å². The molecule has 3 heterocycles. The molecule has 2 aliphatic heterocycles. The van der Waals surface area contributed by atoms with Crippen LogP contribution in [0.2, 0.25) is 0 Å². The number of H-pyrrole nitrogens is 1. The number of hydrogen-bond acceptors (Lipinski definition) is 5. The molecule has 9 heteroatoms. The number of nitrogens with zero attached hydrogens (tertiary/aromatic N) is 3. The number of hydrogen-bond donors (Lipinski definition) is 2. The predicted molar refractivity (Wildman–Crippen MR) is 151 cm³/mol. The Balaban J connectivity index is 1.51. The van der Waals surface area contributed by atoms with Crippen LogP contribution < -0.4 is 0 Å². The first-order valence-electron chi connectivity index (χ1n) is 13.8. The average molecular weight is 543 g/mol. The van der Waals surface area contributed by atoms with Gasteiger partial charge in [-0.1, -0.05) is 37.6 Å². The second kappa shape index (κ2) is 11.7. The summed E-state index contributed by atoms with van der Waals surface area (Å²) in [6.45, 7) is 9.19. The lowest BCUT2D eigenvalue weighted by Crippen LogP contribution is -2.49. The zero-order chi connectivity index (χ0) is 27.5. The molecule has 4 rings (SSSR count). The van der Waals surface area contributed by atoms with Gasteiger partial charge in [-0.3, -0.25) is 9.79 Å². The third-order valence-electron chi connectivity index (χ3n) is 7.87. The first-order chi connectivity index (χ1) is 18.1. The van der Waals surface area contributed by atoms with Crippen LogP contribution in [0.1, 0.15) is 71.1 Å². The molecule has 1 aromatic rings. The fourth-order valence-electron chi connectivity index (χ4n) is 5.34. The second-order valence-electron chi connectivity index (χ2n) is 11.0. The molecule has 0 spiro atoms. The number of aliphatic hydroxyl groups is 1. The summed E-state index contributed by atoms with van der Waals surface area (Å²) in [5.74, 6) is -0.0387. The van der Waals surface area contributed by atoms with Crippen molar-refractivity contribution in [2.24, 2.45) is 16.8 Å². The van der Waals surface area contributed by atoms with Crippen molar-refractivity contribution in [3.63, 3.8) is 0 Å². The highest BCUT2D eigenvalue weighted by Crippen LogP contribution is 2.46. The van der Waals surface area contributed by atoms with Crippen LogP contribution in [0.25, 0.3) is 0 Å². The molecular weight excluding hydrogens is 500 g/mol. The first-order valence-corrected chi connectivity index (χ1v) is 15.2. The van der Waals surface area contributed by atoms with Gasteiger partial charge in [0.15, 0.2) is 0 Å². The minimum atomic E-state index is -3.65. The summed E-state index contributed by atoms with van der Waals surface area (Å²) in [7, 11) is -3.65. The number of carbonyl (C=O) groups excluding carboxylic acids is 1. The van der Waals surface area contributed by atoms with E-state index in [9.17, 15) is 13.2 Å². The number of aryl methyl sites for hydroxylation is 1. The number of aromatic nitrogens is 1. The number of carbonyl (C=O) groups is 1. The number of aliphatic hydroxyl groups excluding tert-OH is 1. The average Bonchev–Trinajstić information content (AvgIpc) is 3.49. The van der Waals surface area contributed by atoms with Gasteiger partial charge >= 0.3 is 0 Å². The molecule has 0 bridgehead atoms. The van der Waals surface area contributed by atoms with Crippen LogP contribution >= 0.6 is 0 Å². The van der Waals surface area contributed by atoms with Gasteiger partial charge in [-0.2, -0.15) is 4.31 Å². The highest BCUT2D eigenvalue weighted by molar-refractivity contribution is 7.93. The van der Waals surface area contributed by atoms with Crippen molar-refractivity contribution >= 4 is 21.6 Å². The van der Waals surface area contributed by atoms with Gasteiger partial charge in [-0.15, -0.1) is 0 Å². The molecule has 208 valence electrons. The minimum Gasteiger partial charge on any atom is -0.396 e. The zero-order valence-corrected chi connectivity index (χ0v) is 23.9. The van der Waals surface area contributed by atoms with E-state index in [1.54, 1.807) is 22.2 Å². The summed E-state index contributed by atoms with van der Waals surface area (Å²) >= 11 is 0. The number of likely N-dealkylation sites (tertiary alicyclic amines) is 1. The maximum absolute atomic E-state index is 13.8. The highest BCUT2D eigenvalue weighted by Gasteiger charge is 2.51. The number of sulfonamides is 1. The SMILES string of the molecule is CCCN(C1(/C=C/C(C)C2=NC=C(C)CCc3[nH]ccc32)CC1)S(=O)(=O)C(C)=CC1CN(C(=O)CCO)C1. The minimum absolute atomic E-state index is 0.0194. The number of amides is 1. The van der Waals surface area contributed by atoms with Gasteiger partial charge in [0, 0.05) is 61.5 Å². The predicted octanol–water partition coefficient (Wildman–Crippen LogP) is 4.17. The molecule has 1 atom stereocenters. The molecule has 1 unspecified atom stereocenters. The molecule has 3 aliphatic rings. The van der Waals surface area contributed by atoms with Crippen molar-refractivity contribution in [3.8, 4) is 0 Å². The van der Waals surface area contributed by atoms with E-state index in [0.29, 0.717) is 24.5 Å². The Morgan fingerprint density at radius 2 is 2.08 bits per heavy atom. The lowest BCUT2D eigenvalue weighted by atomic mass is 9.94. The summed E-state index contributed by atoms with van der Waals surface area (Å²) < 4.78 is 29.2. The lowest BCUT2D eigenvalue weighted by molar-refractivity contribution is -0.137. The van der Waals surface area contributed by atoms with Gasteiger partial charge < -0.3 is 15.0 Å². The number of fused-ring (bicyclic) bond motifs is 1. The Bertz CT molecular complexity index is 1250. The third kappa shape index (κ3) is 6.05. The summed E-state index contributed by atoms with van der Waals surface area (Å²) in [5, 5.41) is 8.98. The van der Waals surface area contributed by atoms with Crippen LogP contribution in [0.5, 0.6) is 0 Å². The molecule has 0 radical (unpaired) electrons. The van der Waals surface area contributed by atoms with E-state index < -0.39 is 15.6 Å². The molecular formula is C29H42N4O4S. The summed E-state index contributed by atoms with van der Waals surface area (Å²) in [6.07, 6.45) is 14.3. The van der Waals surface area contributed by atoms with E-state index in [2.05, 4.69) is 37.0 Å². The number of allylic oxidation sites excluding steroid dienone is 3. The van der Waals surface area contributed by atoms with Crippen molar-refractivity contribution in [3.05, 3.63) is 58.4 Å². The van der Waals surface area contributed by atoms with E-state index in [0.717, 1.165) is 43.4 Å². The Labute approximate surface area is 227 Å². The summed E-state index contributed by atoms with van der Waals surface area (Å²) in [4.78, 5) is 22.1. The Morgan fingerprint density at radius 3 is 2.74 bits per heavy atom. The van der Waals surface area contributed by atoms with Crippen molar-refractivity contribution < 1.29 is 18.3 Å². The van der Waals surface area contributed by atoms with Gasteiger partial charge in [0.1, 0.15) is 0 Å². The quantitative estimate of drug-likeness (QED) is 0.410. The standard InChI is InChI=1S/C29H42N4O4S/c1-5-15-33(38(36,37)23(4)17-24-19-32(20-24)27(35)10-16-34)29(12-13-29)11-8-22(3)28-25-9-14-30-26(25)7-6-21(2)18-31-28/h8-9,11,14,17-18,22,24,30,34H,5-7,10,12-13,15-16,19-20H2,1-4H3/b11-8+,21-18?,23-17?,31-28?. The largest absolute Gasteiger partial charge is 0.396 e. The molecule has 1 saturated carbocycles. The maximum Gasteiger partial charge on any atom is 0.239 e. The van der Waals surface area contributed by atoms with Crippen LogP contribution in [0.4, 0.5) is 0 Å². The summed E-state index contributed by atoms with van der Waals surface area (Å²) in [5.41, 5.74) is 4.07. The molecule has 1 aliphatic carbocycles. The number of nitrogens with one attached hydrogen (secondary N) is 1. The zero-order valence-electron chi connectivity index (χ0n) is 23.1. The van der Waals surface area contributed by atoms with Gasteiger partial charge in [-0.25, -0.2) is 8.42 Å². The van der Waals surface area contributed by atoms with Crippen LogP contribution in [0, 0.1) is 11.8 Å².